The maximum atomic E-state index is 6.19. The van der Waals surface area contributed by atoms with Crippen LogP contribution in [0.5, 0.6) is 5.88 Å². The molecule has 33 heavy (non-hydrogen) atoms. The Kier molecular flexibility index (Phi) is 6.53. The first-order valence-corrected chi connectivity index (χ1v) is 11.3. The third kappa shape index (κ3) is 5.26. The molecule has 0 spiro atoms. The summed E-state index contributed by atoms with van der Waals surface area (Å²) in [6, 6.07) is 7.42. The van der Waals surface area contributed by atoms with Crippen molar-refractivity contribution in [1.29, 1.82) is 0 Å². The average molecular weight is 453 g/mol. The number of nitrogens with two attached hydrogens (primary N) is 1. The summed E-state index contributed by atoms with van der Waals surface area (Å²) < 4.78 is 19.5. The highest BCUT2D eigenvalue weighted by atomic mass is 16.5. The van der Waals surface area contributed by atoms with Gasteiger partial charge in [-0.3, -0.25) is 0 Å². The first kappa shape index (κ1) is 23.0. The minimum atomic E-state index is -0.178. The molecule has 1 atom stereocenters. The molecule has 0 unspecified atom stereocenters. The van der Waals surface area contributed by atoms with Gasteiger partial charge in [0.25, 0.3) is 0 Å². The van der Waals surface area contributed by atoms with Crippen molar-refractivity contribution in [3.63, 3.8) is 0 Å². The molecular formula is C24H32N6O3. The molecular weight excluding hydrogens is 420 g/mol. The Labute approximate surface area is 193 Å². The molecule has 0 amide bonds. The summed E-state index contributed by atoms with van der Waals surface area (Å²) in [7, 11) is 0. The molecule has 0 aliphatic rings. The van der Waals surface area contributed by atoms with Crippen molar-refractivity contribution < 1.29 is 13.9 Å². The number of hydrogen-bond donors (Lipinski definition) is 1. The molecule has 176 valence electrons. The normalized spacial score (nSPS) is 13.0. The number of anilines is 1. The zero-order valence-electron chi connectivity index (χ0n) is 19.9. The molecule has 2 N–H and O–H groups in total. The van der Waals surface area contributed by atoms with E-state index in [1.165, 1.54) is 0 Å². The Morgan fingerprint density at radius 3 is 2.76 bits per heavy atom. The fourth-order valence-corrected chi connectivity index (χ4v) is 3.52. The minimum Gasteiger partial charge on any atom is -0.475 e. The first-order valence-electron chi connectivity index (χ1n) is 11.3. The van der Waals surface area contributed by atoms with Gasteiger partial charge in [-0.25, -0.2) is 14.5 Å². The second kappa shape index (κ2) is 9.36. The van der Waals surface area contributed by atoms with Crippen LogP contribution in [0.1, 0.15) is 34.6 Å². The van der Waals surface area contributed by atoms with E-state index in [0.717, 1.165) is 35.6 Å². The number of hydrogen-bond acceptors (Lipinski definition) is 8. The van der Waals surface area contributed by atoms with Gasteiger partial charge in [-0.1, -0.05) is 0 Å². The first-order chi connectivity index (χ1) is 15.7. The van der Waals surface area contributed by atoms with E-state index < -0.39 is 0 Å². The standard InChI is InChI=1S/C24H32N6O3/c1-6-29(11-12-32-24(3,4)5)23-17-13-20(33-19(17)9-10-26-23)18-14-27-21-7-8-22(28-30(18)21)31-15-16(2)25/h7-10,13-14,16H,6,11-12,15,25H2,1-5H3/t16-/m0/s1. The van der Waals surface area contributed by atoms with Crippen LogP contribution in [0.2, 0.25) is 0 Å². The van der Waals surface area contributed by atoms with Crippen LogP contribution < -0.4 is 15.4 Å². The fraction of sp³-hybridized carbons (Fsp3) is 0.458. The molecule has 0 radical (unpaired) electrons. The highest BCUT2D eigenvalue weighted by Crippen LogP contribution is 2.33. The highest BCUT2D eigenvalue weighted by molar-refractivity contribution is 5.91. The summed E-state index contributed by atoms with van der Waals surface area (Å²) in [6.45, 7) is 12.7. The Bertz CT molecular complexity index is 1220. The van der Waals surface area contributed by atoms with Crippen molar-refractivity contribution >= 4 is 22.4 Å². The number of imidazole rings is 1. The lowest BCUT2D eigenvalue weighted by Crippen LogP contribution is -2.31. The lowest BCUT2D eigenvalue weighted by Gasteiger charge is -2.25. The Balaban J connectivity index is 1.66. The van der Waals surface area contributed by atoms with Crippen LogP contribution in [-0.2, 0) is 4.74 Å². The number of likely N-dealkylation sites (N-methyl/N-ethyl adjacent to an activating group) is 1. The van der Waals surface area contributed by atoms with Gasteiger partial charge in [-0.05, 0) is 52.8 Å². The monoisotopic (exact) mass is 452 g/mol. The van der Waals surface area contributed by atoms with E-state index in [0.29, 0.717) is 30.5 Å². The van der Waals surface area contributed by atoms with Crippen molar-refractivity contribution in [1.82, 2.24) is 19.6 Å². The minimum absolute atomic E-state index is 0.0821. The molecule has 9 heteroatoms. The van der Waals surface area contributed by atoms with Gasteiger partial charge in [-0.15, -0.1) is 5.10 Å². The molecule has 0 aliphatic carbocycles. The van der Waals surface area contributed by atoms with Crippen LogP contribution in [0.15, 0.2) is 41.1 Å². The van der Waals surface area contributed by atoms with Crippen LogP contribution in [0.4, 0.5) is 5.82 Å². The number of furan rings is 1. The van der Waals surface area contributed by atoms with E-state index in [-0.39, 0.29) is 11.6 Å². The topological polar surface area (TPSA) is 104 Å². The van der Waals surface area contributed by atoms with Crippen LogP contribution in [0, 0.1) is 0 Å². The average Bonchev–Trinajstić information content (AvgIpc) is 3.38. The predicted octanol–water partition coefficient (Wildman–Crippen LogP) is 3.90. The molecule has 4 aromatic rings. The third-order valence-electron chi connectivity index (χ3n) is 5.09. The Hall–Kier alpha value is -3.17. The van der Waals surface area contributed by atoms with Gasteiger partial charge in [0.2, 0.25) is 5.88 Å². The van der Waals surface area contributed by atoms with E-state index in [9.17, 15) is 0 Å². The van der Waals surface area contributed by atoms with Gasteiger partial charge in [0, 0.05) is 31.4 Å². The number of pyridine rings is 1. The van der Waals surface area contributed by atoms with Crippen LogP contribution in [0.25, 0.3) is 28.1 Å². The number of aromatic nitrogens is 4. The zero-order chi connectivity index (χ0) is 23.6. The summed E-state index contributed by atoms with van der Waals surface area (Å²) in [5.74, 6) is 2.00. The van der Waals surface area contributed by atoms with E-state index in [1.54, 1.807) is 23.0 Å². The number of fused-ring (bicyclic) bond motifs is 2. The van der Waals surface area contributed by atoms with E-state index in [1.807, 2.05) is 25.1 Å². The molecule has 0 aromatic carbocycles. The van der Waals surface area contributed by atoms with Gasteiger partial charge < -0.3 is 24.5 Å². The molecule has 4 aromatic heterocycles. The van der Waals surface area contributed by atoms with E-state index >= 15 is 0 Å². The molecule has 0 aliphatic heterocycles. The highest BCUT2D eigenvalue weighted by Gasteiger charge is 2.19. The predicted molar refractivity (Wildman–Crippen MR) is 129 cm³/mol. The molecule has 0 fully saturated rings. The maximum Gasteiger partial charge on any atom is 0.231 e. The van der Waals surface area contributed by atoms with E-state index in [2.05, 4.69) is 47.7 Å². The fourth-order valence-electron chi connectivity index (χ4n) is 3.52. The van der Waals surface area contributed by atoms with Crippen molar-refractivity contribution in [2.75, 3.05) is 31.2 Å². The second-order valence-electron chi connectivity index (χ2n) is 9.07. The van der Waals surface area contributed by atoms with Gasteiger partial charge in [-0.2, -0.15) is 0 Å². The molecule has 9 nitrogen and oxygen atoms in total. The summed E-state index contributed by atoms with van der Waals surface area (Å²) >= 11 is 0. The lowest BCUT2D eigenvalue weighted by atomic mass is 10.2. The summed E-state index contributed by atoms with van der Waals surface area (Å²) in [5, 5.41) is 5.50. The number of ether oxygens (including phenoxy) is 2. The van der Waals surface area contributed by atoms with Crippen molar-refractivity contribution in [2.24, 2.45) is 5.73 Å². The van der Waals surface area contributed by atoms with Crippen molar-refractivity contribution in [3.8, 4) is 17.3 Å². The lowest BCUT2D eigenvalue weighted by molar-refractivity contribution is 0.00139. The van der Waals surface area contributed by atoms with Gasteiger partial charge in [0.05, 0.1) is 23.8 Å². The second-order valence-corrected chi connectivity index (χ2v) is 9.07. The smallest absolute Gasteiger partial charge is 0.231 e. The Morgan fingerprint density at radius 2 is 2.03 bits per heavy atom. The largest absolute Gasteiger partial charge is 0.475 e. The molecule has 4 rings (SSSR count). The van der Waals surface area contributed by atoms with Gasteiger partial charge >= 0.3 is 0 Å². The summed E-state index contributed by atoms with van der Waals surface area (Å²) in [5.41, 5.74) is 7.80. The van der Waals surface area contributed by atoms with Gasteiger partial charge in [0.15, 0.2) is 11.4 Å². The van der Waals surface area contributed by atoms with Crippen molar-refractivity contribution in [3.05, 3.63) is 36.7 Å². The van der Waals surface area contributed by atoms with E-state index in [4.69, 9.17) is 19.6 Å². The molecule has 0 bridgehead atoms. The maximum absolute atomic E-state index is 6.19. The van der Waals surface area contributed by atoms with Gasteiger partial charge in [0.1, 0.15) is 23.7 Å². The quantitative estimate of drug-likeness (QED) is 0.408. The SMILES string of the molecule is CCN(CCOC(C)(C)C)c1nccc2oc(-c3cnc4ccc(OC[C@H](C)N)nn34)cc12. The van der Waals surface area contributed by atoms with Crippen LogP contribution in [0.3, 0.4) is 0 Å². The van der Waals surface area contributed by atoms with Crippen LogP contribution >= 0.6 is 0 Å². The summed E-state index contributed by atoms with van der Waals surface area (Å²) in [4.78, 5) is 11.3. The zero-order valence-corrected chi connectivity index (χ0v) is 19.9. The summed E-state index contributed by atoms with van der Waals surface area (Å²) in [6.07, 6.45) is 3.52. The Morgan fingerprint density at radius 1 is 1.21 bits per heavy atom. The van der Waals surface area contributed by atoms with Crippen LogP contribution in [-0.4, -0.2) is 57.5 Å². The molecule has 4 heterocycles. The number of rotatable bonds is 9. The third-order valence-corrected chi connectivity index (χ3v) is 5.09. The van der Waals surface area contributed by atoms with Crippen molar-refractivity contribution in [2.45, 2.75) is 46.3 Å². The number of nitrogens with zero attached hydrogens (tertiary/aromatic N) is 5. The molecule has 0 saturated heterocycles. The molecule has 0 saturated carbocycles.